The summed E-state index contributed by atoms with van der Waals surface area (Å²) in [6.45, 7) is 8.01. The minimum absolute atomic E-state index is 0.167. The van der Waals surface area contributed by atoms with Crippen molar-refractivity contribution in [3.05, 3.63) is 12.7 Å². The number of rotatable bonds is 11. The van der Waals surface area contributed by atoms with E-state index >= 15 is 0 Å². The Hall–Kier alpha value is -0.790. The van der Waals surface area contributed by atoms with Gasteiger partial charge in [-0.3, -0.25) is 4.79 Å². The van der Waals surface area contributed by atoms with Crippen LogP contribution >= 0.6 is 0 Å². The first-order valence-corrected chi connectivity index (χ1v) is 6.91. The largest absolute Gasteiger partial charge is 0.466 e. The second-order valence-electron chi connectivity index (χ2n) is 4.87. The molecule has 0 N–H and O–H groups in total. The molecular formula is C15H28O2. The lowest BCUT2D eigenvalue weighted by atomic mass is 9.99. The van der Waals surface area contributed by atoms with Gasteiger partial charge in [0, 0.05) is 6.92 Å². The Labute approximate surface area is 106 Å². The molecule has 0 aliphatic carbocycles. The lowest BCUT2D eigenvalue weighted by Crippen LogP contribution is -2.05. The summed E-state index contributed by atoms with van der Waals surface area (Å²) >= 11 is 0. The predicted molar refractivity (Wildman–Crippen MR) is 72.9 cm³/mol. The molecule has 1 atom stereocenters. The van der Waals surface area contributed by atoms with Crippen molar-refractivity contribution in [2.75, 3.05) is 6.61 Å². The molecule has 0 saturated carbocycles. The average molecular weight is 240 g/mol. The maximum atomic E-state index is 10.6. The van der Waals surface area contributed by atoms with Crippen molar-refractivity contribution in [3.63, 3.8) is 0 Å². The number of hydrogen-bond donors (Lipinski definition) is 0. The highest BCUT2D eigenvalue weighted by Crippen LogP contribution is 2.14. The van der Waals surface area contributed by atoms with Gasteiger partial charge in [0.25, 0.3) is 0 Å². The van der Waals surface area contributed by atoms with E-state index < -0.39 is 0 Å². The maximum Gasteiger partial charge on any atom is 0.302 e. The van der Waals surface area contributed by atoms with Crippen molar-refractivity contribution in [3.8, 4) is 0 Å². The Morgan fingerprint density at radius 2 is 1.82 bits per heavy atom. The van der Waals surface area contributed by atoms with Crippen molar-refractivity contribution in [1.29, 1.82) is 0 Å². The molecule has 100 valence electrons. The summed E-state index contributed by atoms with van der Waals surface area (Å²) < 4.78 is 4.94. The van der Waals surface area contributed by atoms with E-state index in [1.165, 1.54) is 45.4 Å². The number of carbonyl (C=O) groups excluding carboxylic acids is 1. The normalized spacial score (nSPS) is 12.1. The number of unbranched alkanes of at least 4 members (excludes halogenated alkanes) is 5. The summed E-state index contributed by atoms with van der Waals surface area (Å²) in [6, 6.07) is 0. The molecule has 0 aromatic rings. The topological polar surface area (TPSA) is 26.3 Å². The van der Waals surface area contributed by atoms with Crippen molar-refractivity contribution in [2.45, 2.75) is 65.2 Å². The number of carbonyl (C=O) groups is 1. The third-order valence-corrected chi connectivity index (χ3v) is 3.02. The lowest BCUT2D eigenvalue weighted by Gasteiger charge is -2.10. The Morgan fingerprint density at radius 3 is 2.47 bits per heavy atom. The molecule has 0 heterocycles. The highest BCUT2D eigenvalue weighted by Gasteiger charge is 2.03. The van der Waals surface area contributed by atoms with Gasteiger partial charge in [-0.25, -0.2) is 0 Å². The van der Waals surface area contributed by atoms with E-state index in [2.05, 4.69) is 13.5 Å². The lowest BCUT2D eigenvalue weighted by molar-refractivity contribution is -0.141. The molecule has 17 heavy (non-hydrogen) atoms. The van der Waals surface area contributed by atoms with Gasteiger partial charge < -0.3 is 4.74 Å². The monoisotopic (exact) mass is 240 g/mol. The fraction of sp³-hybridized carbons (Fsp3) is 0.800. The van der Waals surface area contributed by atoms with Crippen LogP contribution in [0.5, 0.6) is 0 Å². The van der Waals surface area contributed by atoms with Crippen molar-refractivity contribution in [2.24, 2.45) is 5.92 Å². The van der Waals surface area contributed by atoms with Gasteiger partial charge in [0.2, 0.25) is 0 Å². The standard InChI is InChI=1S/C15H28O2/c1-4-5-6-7-8-9-10-11-14(2)12-13-17-15(3)16/h4,14H,1,5-13H2,2-3H3/t14-/m1/s1. The van der Waals surface area contributed by atoms with Crippen LogP contribution in [0.4, 0.5) is 0 Å². The molecular weight excluding hydrogens is 212 g/mol. The zero-order valence-corrected chi connectivity index (χ0v) is 11.5. The number of allylic oxidation sites excluding steroid dienone is 1. The molecule has 0 aliphatic rings. The van der Waals surface area contributed by atoms with Crippen molar-refractivity contribution >= 4 is 5.97 Å². The summed E-state index contributed by atoms with van der Waals surface area (Å²) in [4.78, 5) is 10.6. The van der Waals surface area contributed by atoms with Crippen LogP contribution in [-0.2, 0) is 9.53 Å². The van der Waals surface area contributed by atoms with Gasteiger partial charge in [-0.05, 0) is 25.2 Å². The Kier molecular flexibility index (Phi) is 11.1. The highest BCUT2D eigenvalue weighted by atomic mass is 16.5. The molecule has 2 heteroatoms. The molecule has 0 radical (unpaired) electrons. The first-order valence-electron chi connectivity index (χ1n) is 6.91. The van der Waals surface area contributed by atoms with E-state index in [0.29, 0.717) is 12.5 Å². The van der Waals surface area contributed by atoms with Crippen LogP contribution in [0.1, 0.15) is 65.2 Å². The van der Waals surface area contributed by atoms with Crippen molar-refractivity contribution < 1.29 is 9.53 Å². The van der Waals surface area contributed by atoms with Gasteiger partial charge in [0.15, 0.2) is 0 Å². The fourth-order valence-corrected chi connectivity index (χ4v) is 1.86. The van der Waals surface area contributed by atoms with E-state index in [1.807, 2.05) is 6.08 Å². The van der Waals surface area contributed by atoms with Gasteiger partial charge in [-0.1, -0.05) is 45.1 Å². The number of ether oxygens (including phenoxy) is 1. The molecule has 0 unspecified atom stereocenters. The van der Waals surface area contributed by atoms with E-state index in [9.17, 15) is 4.79 Å². The molecule has 0 rings (SSSR count). The zero-order chi connectivity index (χ0) is 12.9. The van der Waals surface area contributed by atoms with Gasteiger partial charge in [0.1, 0.15) is 0 Å². The molecule has 0 spiro atoms. The first kappa shape index (κ1) is 16.2. The summed E-state index contributed by atoms with van der Waals surface area (Å²) in [5.74, 6) is 0.502. The van der Waals surface area contributed by atoms with Crippen LogP contribution in [0.25, 0.3) is 0 Å². The van der Waals surface area contributed by atoms with E-state index in [1.54, 1.807) is 0 Å². The van der Waals surface area contributed by atoms with Crippen LogP contribution in [0.15, 0.2) is 12.7 Å². The molecule has 0 saturated heterocycles. The fourth-order valence-electron chi connectivity index (χ4n) is 1.86. The van der Waals surface area contributed by atoms with Gasteiger partial charge in [-0.2, -0.15) is 0 Å². The van der Waals surface area contributed by atoms with Gasteiger partial charge in [0.05, 0.1) is 6.61 Å². The molecule has 0 amide bonds. The third kappa shape index (κ3) is 13.1. The van der Waals surface area contributed by atoms with Crippen molar-refractivity contribution in [1.82, 2.24) is 0 Å². The molecule has 0 fully saturated rings. The van der Waals surface area contributed by atoms with E-state index in [-0.39, 0.29) is 5.97 Å². The SMILES string of the molecule is C=CCCCCCCC[C@@H](C)CCOC(C)=O. The summed E-state index contributed by atoms with van der Waals surface area (Å²) in [5, 5.41) is 0. The van der Waals surface area contributed by atoms with E-state index in [0.717, 1.165) is 12.8 Å². The summed E-state index contributed by atoms with van der Waals surface area (Å²) in [7, 11) is 0. The van der Waals surface area contributed by atoms with Gasteiger partial charge in [-0.15, -0.1) is 6.58 Å². The predicted octanol–water partition coefficient (Wildman–Crippen LogP) is 4.49. The molecule has 2 nitrogen and oxygen atoms in total. The smallest absolute Gasteiger partial charge is 0.302 e. The van der Waals surface area contributed by atoms with Crippen LogP contribution in [-0.4, -0.2) is 12.6 Å². The molecule has 0 aliphatic heterocycles. The molecule has 0 aromatic heterocycles. The number of hydrogen-bond acceptors (Lipinski definition) is 2. The Bertz CT molecular complexity index is 199. The van der Waals surface area contributed by atoms with Gasteiger partial charge >= 0.3 is 5.97 Å². The average Bonchev–Trinajstić information content (AvgIpc) is 2.27. The van der Waals surface area contributed by atoms with Crippen LogP contribution in [0.2, 0.25) is 0 Å². The summed E-state index contributed by atoms with van der Waals surface area (Å²) in [6.07, 6.45) is 12.0. The van der Waals surface area contributed by atoms with Crippen LogP contribution in [0.3, 0.4) is 0 Å². The highest BCUT2D eigenvalue weighted by molar-refractivity contribution is 5.65. The quantitative estimate of drug-likeness (QED) is 0.302. The zero-order valence-electron chi connectivity index (χ0n) is 11.5. The molecule has 0 bridgehead atoms. The Balaban J connectivity index is 3.18. The van der Waals surface area contributed by atoms with Crippen LogP contribution < -0.4 is 0 Å². The van der Waals surface area contributed by atoms with E-state index in [4.69, 9.17) is 4.74 Å². The second kappa shape index (κ2) is 11.7. The molecule has 0 aromatic carbocycles. The minimum Gasteiger partial charge on any atom is -0.466 e. The number of esters is 1. The summed E-state index contributed by atoms with van der Waals surface area (Å²) in [5.41, 5.74) is 0. The Morgan fingerprint density at radius 1 is 1.18 bits per heavy atom. The maximum absolute atomic E-state index is 10.6. The third-order valence-electron chi connectivity index (χ3n) is 3.02. The minimum atomic E-state index is -0.167. The first-order chi connectivity index (χ1) is 8.16. The second-order valence-corrected chi connectivity index (χ2v) is 4.87. The van der Waals surface area contributed by atoms with Crippen LogP contribution in [0, 0.1) is 5.92 Å².